The van der Waals surface area contributed by atoms with E-state index in [1.165, 1.54) is 6.07 Å². The first kappa shape index (κ1) is 25.0. The lowest BCUT2D eigenvalue weighted by Crippen LogP contribution is -2.31. The van der Waals surface area contributed by atoms with Gasteiger partial charge >= 0.3 is 0 Å². The van der Waals surface area contributed by atoms with Gasteiger partial charge in [0.25, 0.3) is 5.91 Å². The molecule has 4 aromatic rings. The van der Waals surface area contributed by atoms with Gasteiger partial charge in [0.15, 0.2) is 11.9 Å². The minimum absolute atomic E-state index is 0.0293. The van der Waals surface area contributed by atoms with E-state index in [4.69, 9.17) is 20.8 Å². The first-order valence-corrected chi connectivity index (χ1v) is 12.3. The van der Waals surface area contributed by atoms with Crippen molar-refractivity contribution in [1.82, 2.24) is 0 Å². The molecule has 0 aliphatic rings. The fourth-order valence-corrected chi connectivity index (χ4v) is 4.01. The number of amides is 1. The van der Waals surface area contributed by atoms with Gasteiger partial charge in [0.2, 0.25) is 11.2 Å². The van der Waals surface area contributed by atoms with Crippen LogP contribution in [0.1, 0.15) is 33.3 Å². The molecule has 4 rings (SSSR count). The van der Waals surface area contributed by atoms with Crippen molar-refractivity contribution < 1.29 is 13.9 Å². The van der Waals surface area contributed by atoms with Gasteiger partial charge in [-0.2, -0.15) is 0 Å². The first-order chi connectivity index (χ1) is 16.5. The molecule has 0 saturated heterocycles. The predicted octanol–water partition coefficient (Wildman–Crippen LogP) is 7.58. The molecule has 0 saturated carbocycles. The van der Waals surface area contributed by atoms with Crippen molar-refractivity contribution in [3.63, 3.8) is 0 Å². The molecule has 3 aromatic carbocycles. The summed E-state index contributed by atoms with van der Waals surface area (Å²) >= 11 is 9.50. The Kier molecular flexibility index (Phi) is 7.06. The molecule has 0 bridgehead atoms. The molecule has 1 unspecified atom stereocenters. The number of rotatable bonds is 5. The van der Waals surface area contributed by atoms with Crippen molar-refractivity contribution >= 4 is 50.1 Å². The lowest BCUT2D eigenvalue weighted by molar-refractivity contribution is -0.122. The number of carbonyl (C=O) groups is 1. The molecule has 0 aliphatic heterocycles. The molecule has 180 valence electrons. The van der Waals surface area contributed by atoms with E-state index in [-0.39, 0.29) is 22.3 Å². The van der Waals surface area contributed by atoms with Crippen molar-refractivity contribution in [2.75, 3.05) is 5.32 Å². The number of carbonyl (C=O) groups excluding carboxylic acids is 1. The standard InChI is InChI=1S/C28H25BrClNO4/c1-16(27(33)31-21-12-9-19(29)10-13-21)34-26-24(32)22-15-20(30)11-14-23(22)35-25(26)17-5-7-18(8-6-17)28(2,3)4/h5-16H,1-4H3,(H,31,33). The van der Waals surface area contributed by atoms with E-state index in [0.29, 0.717) is 21.9 Å². The summed E-state index contributed by atoms with van der Waals surface area (Å²) in [6, 6.07) is 19.8. The van der Waals surface area contributed by atoms with Gasteiger partial charge in [0.05, 0.1) is 5.39 Å². The Balaban J connectivity index is 1.74. The molecule has 1 amide bonds. The van der Waals surface area contributed by atoms with Gasteiger partial charge < -0.3 is 14.5 Å². The highest BCUT2D eigenvalue weighted by Gasteiger charge is 2.24. The maximum atomic E-state index is 13.5. The zero-order valence-electron chi connectivity index (χ0n) is 19.8. The smallest absolute Gasteiger partial charge is 0.265 e. The molecule has 0 aliphatic carbocycles. The van der Waals surface area contributed by atoms with Crippen LogP contribution in [-0.4, -0.2) is 12.0 Å². The molecule has 0 spiro atoms. The average molecular weight is 555 g/mol. The summed E-state index contributed by atoms with van der Waals surface area (Å²) in [5, 5.41) is 3.48. The zero-order valence-corrected chi connectivity index (χ0v) is 22.2. The van der Waals surface area contributed by atoms with E-state index in [9.17, 15) is 9.59 Å². The second-order valence-electron chi connectivity index (χ2n) is 9.31. The molecule has 1 aromatic heterocycles. The third kappa shape index (κ3) is 5.60. The maximum Gasteiger partial charge on any atom is 0.265 e. The van der Waals surface area contributed by atoms with Crippen molar-refractivity contribution in [2.24, 2.45) is 0 Å². The largest absolute Gasteiger partial charge is 0.473 e. The molecular weight excluding hydrogens is 530 g/mol. The fourth-order valence-electron chi connectivity index (χ4n) is 3.58. The van der Waals surface area contributed by atoms with Crippen LogP contribution in [-0.2, 0) is 10.2 Å². The Morgan fingerprint density at radius 1 is 1.03 bits per heavy atom. The van der Waals surface area contributed by atoms with Crippen LogP contribution < -0.4 is 15.5 Å². The third-order valence-corrected chi connectivity index (χ3v) is 6.36. The maximum absolute atomic E-state index is 13.5. The van der Waals surface area contributed by atoms with Gasteiger partial charge in [0.1, 0.15) is 5.58 Å². The van der Waals surface area contributed by atoms with Crippen molar-refractivity contribution in [2.45, 2.75) is 39.2 Å². The lowest BCUT2D eigenvalue weighted by atomic mass is 9.86. The van der Waals surface area contributed by atoms with Gasteiger partial charge in [-0.05, 0) is 60.4 Å². The van der Waals surface area contributed by atoms with Gasteiger partial charge in [-0.1, -0.05) is 72.6 Å². The second kappa shape index (κ2) is 9.88. The number of hydrogen-bond acceptors (Lipinski definition) is 4. The molecule has 7 heteroatoms. The highest BCUT2D eigenvalue weighted by Crippen LogP contribution is 2.34. The Morgan fingerprint density at radius 3 is 2.31 bits per heavy atom. The number of anilines is 1. The summed E-state index contributed by atoms with van der Waals surface area (Å²) in [7, 11) is 0. The lowest BCUT2D eigenvalue weighted by Gasteiger charge is -2.20. The minimum atomic E-state index is -0.967. The Bertz CT molecular complexity index is 1440. The van der Waals surface area contributed by atoms with E-state index in [2.05, 4.69) is 42.0 Å². The highest BCUT2D eigenvalue weighted by atomic mass is 79.9. The molecule has 1 N–H and O–H groups in total. The molecule has 1 atom stereocenters. The summed E-state index contributed by atoms with van der Waals surface area (Å²) in [5.74, 6) is -0.178. The summed E-state index contributed by atoms with van der Waals surface area (Å²) in [6.07, 6.45) is -0.967. The summed E-state index contributed by atoms with van der Waals surface area (Å²) < 4.78 is 13.0. The molecule has 35 heavy (non-hydrogen) atoms. The van der Waals surface area contributed by atoms with E-state index in [1.807, 2.05) is 36.4 Å². The molecular formula is C28H25BrClNO4. The number of nitrogens with one attached hydrogen (secondary N) is 1. The normalized spacial score (nSPS) is 12.4. The van der Waals surface area contributed by atoms with Crippen LogP contribution >= 0.6 is 27.5 Å². The predicted molar refractivity (Wildman–Crippen MR) is 144 cm³/mol. The minimum Gasteiger partial charge on any atom is -0.473 e. The summed E-state index contributed by atoms with van der Waals surface area (Å²) in [5.41, 5.74) is 2.38. The van der Waals surface area contributed by atoms with Crippen molar-refractivity contribution in [1.29, 1.82) is 0 Å². The van der Waals surface area contributed by atoms with Crippen LogP contribution in [0.15, 0.2) is 80.4 Å². The number of halogens is 2. The van der Waals surface area contributed by atoms with Crippen LogP contribution in [0.3, 0.4) is 0 Å². The number of ether oxygens (including phenoxy) is 1. The number of fused-ring (bicyclic) bond motifs is 1. The van der Waals surface area contributed by atoms with Crippen LogP contribution in [0, 0.1) is 0 Å². The van der Waals surface area contributed by atoms with Crippen LogP contribution in [0.4, 0.5) is 5.69 Å². The van der Waals surface area contributed by atoms with Gasteiger partial charge in [-0.15, -0.1) is 0 Å². The van der Waals surface area contributed by atoms with Crippen LogP contribution in [0.5, 0.6) is 5.75 Å². The first-order valence-electron chi connectivity index (χ1n) is 11.1. The average Bonchev–Trinajstić information content (AvgIpc) is 2.82. The van der Waals surface area contributed by atoms with E-state index >= 15 is 0 Å². The third-order valence-electron chi connectivity index (χ3n) is 5.60. The number of benzene rings is 3. The fraction of sp³-hybridized carbons (Fsp3) is 0.214. The summed E-state index contributed by atoms with van der Waals surface area (Å²) in [6.45, 7) is 7.97. The SMILES string of the molecule is CC(Oc1c(-c2ccc(C(C)(C)C)cc2)oc2ccc(Cl)cc2c1=O)C(=O)Nc1ccc(Br)cc1. The van der Waals surface area contributed by atoms with Gasteiger partial charge in [-0.25, -0.2) is 0 Å². The second-order valence-corrected chi connectivity index (χ2v) is 10.7. The molecule has 5 nitrogen and oxygen atoms in total. The van der Waals surface area contributed by atoms with E-state index in [1.54, 1.807) is 31.2 Å². The monoisotopic (exact) mass is 553 g/mol. The van der Waals surface area contributed by atoms with E-state index in [0.717, 1.165) is 10.0 Å². The Labute approximate surface area is 217 Å². The van der Waals surface area contributed by atoms with Crippen molar-refractivity contribution in [3.05, 3.63) is 92.0 Å². The molecule has 0 fully saturated rings. The summed E-state index contributed by atoms with van der Waals surface area (Å²) in [4.78, 5) is 26.3. The van der Waals surface area contributed by atoms with Crippen molar-refractivity contribution in [3.8, 4) is 17.1 Å². The Morgan fingerprint density at radius 2 is 1.69 bits per heavy atom. The van der Waals surface area contributed by atoms with E-state index < -0.39 is 17.4 Å². The van der Waals surface area contributed by atoms with Crippen LogP contribution in [0.2, 0.25) is 5.02 Å². The number of hydrogen-bond donors (Lipinski definition) is 1. The van der Waals surface area contributed by atoms with Gasteiger partial charge in [-0.3, -0.25) is 9.59 Å². The zero-order chi connectivity index (χ0) is 25.3. The Hall–Kier alpha value is -3.09. The quantitative estimate of drug-likeness (QED) is 0.276. The van der Waals surface area contributed by atoms with Crippen LogP contribution in [0.25, 0.3) is 22.3 Å². The molecule has 1 heterocycles. The highest BCUT2D eigenvalue weighted by molar-refractivity contribution is 9.10. The molecule has 0 radical (unpaired) electrons. The topological polar surface area (TPSA) is 68.5 Å². The van der Waals surface area contributed by atoms with Gasteiger partial charge in [0, 0.05) is 20.7 Å².